The molecule has 1 aromatic heterocycles. The number of rotatable bonds is 4. The SMILES string of the molecule is Oc1c2c(c(O)n1CCCCBr)CCCC2. The molecule has 16 heavy (non-hydrogen) atoms. The molecular weight excluding hydrogens is 270 g/mol. The van der Waals surface area contributed by atoms with E-state index in [0.29, 0.717) is 18.3 Å². The molecule has 0 unspecified atom stereocenters. The number of fused-ring (bicyclic) bond motifs is 1. The molecule has 0 radical (unpaired) electrons. The normalized spacial score (nSPS) is 15.1. The van der Waals surface area contributed by atoms with Gasteiger partial charge in [-0.1, -0.05) is 15.9 Å². The van der Waals surface area contributed by atoms with E-state index >= 15 is 0 Å². The third-order valence-electron chi connectivity index (χ3n) is 3.28. The Kier molecular flexibility index (Phi) is 3.79. The van der Waals surface area contributed by atoms with Gasteiger partial charge in [0.25, 0.3) is 0 Å². The summed E-state index contributed by atoms with van der Waals surface area (Å²) in [6, 6.07) is 0. The molecule has 1 aliphatic rings. The zero-order valence-corrected chi connectivity index (χ0v) is 11.0. The van der Waals surface area contributed by atoms with Gasteiger partial charge in [0, 0.05) is 23.0 Å². The largest absolute Gasteiger partial charge is 0.494 e. The fourth-order valence-corrected chi connectivity index (χ4v) is 2.80. The van der Waals surface area contributed by atoms with Gasteiger partial charge in [-0.2, -0.15) is 0 Å². The highest BCUT2D eigenvalue weighted by molar-refractivity contribution is 9.09. The van der Waals surface area contributed by atoms with Crippen LogP contribution in [0.3, 0.4) is 0 Å². The number of unbranched alkanes of at least 4 members (excludes halogenated alkanes) is 1. The third-order valence-corrected chi connectivity index (χ3v) is 3.85. The van der Waals surface area contributed by atoms with Crippen molar-refractivity contribution in [2.75, 3.05) is 5.33 Å². The predicted octanol–water partition coefficient (Wildman–Crippen LogP) is 2.95. The summed E-state index contributed by atoms with van der Waals surface area (Å²) in [5.74, 6) is 0.587. The van der Waals surface area contributed by atoms with Gasteiger partial charge in [0.05, 0.1) is 0 Å². The van der Waals surface area contributed by atoms with Crippen LogP contribution in [0, 0.1) is 0 Å². The van der Waals surface area contributed by atoms with E-state index < -0.39 is 0 Å². The molecule has 0 fully saturated rings. The molecule has 1 aromatic rings. The Morgan fingerprint density at radius 3 is 2.06 bits per heavy atom. The van der Waals surface area contributed by atoms with E-state index in [9.17, 15) is 10.2 Å². The Bertz CT molecular complexity index is 344. The molecule has 0 atom stereocenters. The number of alkyl halides is 1. The molecule has 90 valence electrons. The van der Waals surface area contributed by atoms with Crippen molar-refractivity contribution in [3.05, 3.63) is 11.1 Å². The third kappa shape index (κ3) is 2.08. The van der Waals surface area contributed by atoms with Gasteiger partial charge in [0.1, 0.15) is 0 Å². The van der Waals surface area contributed by atoms with Gasteiger partial charge >= 0.3 is 0 Å². The first-order chi connectivity index (χ1) is 7.75. The molecule has 1 aliphatic carbocycles. The lowest BCUT2D eigenvalue weighted by Gasteiger charge is -2.09. The molecule has 0 aromatic carbocycles. The number of halogens is 1. The molecule has 1 heterocycles. The summed E-state index contributed by atoms with van der Waals surface area (Å²) in [6.07, 6.45) is 6.07. The Balaban J connectivity index is 2.20. The second kappa shape index (κ2) is 5.13. The van der Waals surface area contributed by atoms with Crippen molar-refractivity contribution >= 4 is 15.9 Å². The molecule has 2 rings (SSSR count). The minimum atomic E-state index is 0.293. The van der Waals surface area contributed by atoms with Crippen LogP contribution in [0.1, 0.15) is 36.8 Å². The monoisotopic (exact) mass is 287 g/mol. The quantitative estimate of drug-likeness (QED) is 0.661. The Morgan fingerprint density at radius 2 is 1.56 bits per heavy atom. The van der Waals surface area contributed by atoms with Gasteiger partial charge in [-0.05, 0) is 38.5 Å². The van der Waals surface area contributed by atoms with Crippen molar-refractivity contribution in [1.82, 2.24) is 4.57 Å². The van der Waals surface area contributed by atoms with Gasteiger partial charge in [0.2, 0.25) is 0 Å². The van der Waals surface area contributed by atoms with Gasteiger partial charge in [-0.15, -0.1) is 0 Å². The average Bonchev–Trinajstić information content (AvgIpc) is 2.55. The van der Waals surface area contributed by atoms with E-state index in [1.165, 1.54) is 0 Å². The van der Waals surface area contributed by atoms with Crippen LogP contribution in [-0.2, 0) is 19.4 Å². The zero-order valence-electron chi connectivity index (χ0n) is 9.38. The van der Waals surface area contributed by atoms with E-state index in [0.717, 1.165) is 55.0 Å². The van der Waals surface area contributed by atoms with Crippen LogP contribution in [0.5, 0.6) is 11.8 Å². The van der Waals surface area contributed by atoms with Gasteiger partial charge in [-0.25, -0.2) is 0 Å². The number of hydrogen-bond donors (Lipinski definition) is 2. The van der Waals surface area contributed by atoms with Crippen LogP contribution < -0.4 is 0 Å². The van der Waals surface area contributed by atoms with Gasteiger partial charge < -0.3 is 10.2 Å². The topological polar surface area (TPSA) is 45.4 Å². The molecule has 0 saturated carbocycles. The minimum Gasteiger partial charge on any atom is -0.494 e. The second-order valence-corrected chi connectivity index (χ2v) is 5.15. The van der Waals surface area contributed by atoms with E-state index in [-0.39, 0.29) is 0 Å². The molecule has 0 bridgehead atoms. The lowest BCUT2D eigenvalue weighted by atomic mass is 9.95. The van der Waals surface area contributed by atoms with Crippen LogP contribution in [0.25, 0.3) is 0 Å². The highest BCUT2D eigenvalue weighted by atomic mass is 79.9. The predicted molar refractivity (Wildman–Crippen MR) is 67.4 cm³/mol. The van der Waals surface area contributed by atoms with Crippen molar-refractivity contribution < 1.29 is 10.2 Å². The number of nitrogens with zero attached hydrogens (tertiary/aromatic N) is 1. The Labute approximate surface area is 104 Å². The van der Waals surface area contributed by atoms with Crippen molar-refractivity contribution in [2.24, 2.45) is 0 Å². The van der Waals surface area contributed by atoms with Crippen molar-refractivity contribution in [2.45, 2.75) is 45.1 Å². The summed E-state index contributed by atoms with van der Waals surface area (Å²) >= 11 is 3.38. The number of hydrogen-bond acceptors (Lipinski definition) is 2. The number of aromatic hydroxyl groups is 2. The molecule has 3 nitrogen and oxygen atoms in total. The summed E-state index contributed by atoms with van der Waals surface area (Å²) in [6.45, 7) is 0.705. The van der Waals surface area contributed by atoms with E-state index in [1.807, 2.05) is 0 Å². The lowest BCUT2D eigenvalue weighted by Crippen LogP contribution is -1.98. The first kappa shape index (κ1) is 11.8. The number of aromatic nitrogens is 1. The summed E-state index contributed by atoms with van der Waals surface area (Å²) < 4.78 is 1.67. The molecule has 0 spiro atoms. The van der Waals surface area contributed by atoms with Crippen molar-refractivity contribution in [3.63, 3.8) is 0 Å². The summed E-state index contributed by atoms with van der Waals surface area (Å²) in [7, 11) is 0. The van der Waals surface area contributed by atoms with Crippen LogP contribution in [0.2, 0.25) is 0 Å². The van der Waals surface area contributed by atoms with Crippen LogP contribution >= 0.6 is 15.9 Å². The maximum absolute atomic E-state index is 10.0. The highest BCUT2D eigenvalue weighted by Gasteiger charge is 2.23. The second-order valence-electron chi connectivity index (χ2n) is 4.36. The Hall–Kier alpha value is -0.640. The minimum absolute atomic E-state index is 0.293. The first-order valence-corrected chi connectivity index (χ1v) is 7.06. The van der Waals surface area contributed by atoms with Crippen LogP contribution in [0.4, 0.5) is 0 Å². The van der Waals surface area contributed by atoms with E-state index in [1.54, 1.807) is 4.57 Å². The average molecular weight is 288 g/mol. The van der Waals surface area contributed by atoms with E-state index in [2.05, 4.69) is 15.9 Å². The van der Waals surface area contributed by atoms with Gasteiger partial charge in [0.15, 0.2) is 11.8 Å². The molecular formula is C12H18BrNO2. The summed E-state index contributed by atoms with van der Waals surface area (Å²) in [5.41, 5.74) is 1.95. The standard InChI is InChI=1S/C12H18BrNO2/c13-7-3-4-8-14-11(15)9-5-1-2-6-10(9)12(14)16/h15-16H,1-8H2. The molecule has 4 heteroatoms. The smallest absolute Gasteiger partial charge is 0.197 e. The van der Waals surface area contributed by atoms with Crippen LogP contribution in [-0.4, -0.2) is 20.1 Å². The summed E-state index contributed by atoms with van der Waals surface area (Å²) in [4.78, 5) is 0. The van der Waals surface area contributed by atoms with Crippen molar-refractivity contribution in [1.29, 1.82) is 0 Å². The molecule has 0 saturated heterocycles. The lowest BCUT2D eigenvalue weighted by molar-refractivity contribution is 0.361. The first-order valence-electron chi connectivity index (χ1n) is 5.94. The van der Waals surface area contributed by atoms with Crippen molar-refractivity contribution in [3.8, 4) is 11.8 Å². The maximum Gasteiger partial charge on any atom is 0.197 e. The van der Waals surface area contributed by atoms with E-state index in [4.69, 9.17) is 0 Å². The molecule has 0 amide bonds. The molecule has 2 N–H and O–H groups in total. The fourth-order valence-electron chi connectivity index (χ4n) is 2.40. The molecule has 0 aliphatic heterocycles. The maximum atomic E-state index is 10.0. The zero-order chi connectivity index (χ0) is 11.5. The summed E-state index contributed by atoms with van der Waals surface area (Å²) in [5, 5.41) is 21.1. The van der Waals surface area contributed by atoms with Crippen LogP contribution in [0.15, 0.2) is 0 Å². The highest BCUT2D eigenvalue weighted by Crippen LogP contribution is 2.38. The Morgan fingerprint density at radius 1 is 1.00 bits per heavy atom. The van der Waals surface area contributed by atoms with Gasteiger partial charge in [-0.3, -0.25) is 4.57 Å². The fraction of sp³-hybridized carbons (Fsp3) is 0.667.